The maximum absolute atomic E-state index is 13.0. The van der Waals surface area contributed by atoms with E-state index in [1.807, 2.05) is 6.92 Å². The first-order valence-corrected chi connectivity index (χ1v) is 11.4. The number of hydrogen-bond acceptors (Lipinski definition) is 5. The average molecular weight is 452 g/mol. The second-order valence-corrected chi connectivity index (χ2v) is 9.37. The van der Waals surface area contributed by atoms with Crippen LogP contribution in [-0.4, -0.2) is 36.1 Å². The van der Waals surface area contributed by atoms with Gasteiger partial charge in [-0.2, -0.15) is 4.31 Å². The number of nitro benzene ring substituents is 1. The number of carbonyl (C=O) groups excluding carboxylic acids is 1. The Hall–Kier alpha value is -2.49. The number of carbonyl (C=O) groups is 1. The normalized spacial score (nSPS) is 17.5. The molecule has 2 aromatic carbocycles. The van der Waals surface area contributed by atoms with Crippen molar-refractivity contribution in [2.45, 2.75) is 43.5 Å². The molecular weight excluding hydrogens is 430 g/mol. The molecule has 1 aliphatic rings. The molecule has 0 bridgehead atoms. The Labute approximate surface area is 180 Å². The van der Waals surface area contributed by atoms with Crippen molar-refractivity contribution < 1.29 is 18.1 Å². The monoisotopic (exact) mass is 451 g/mol. The van der Waals surface area contributed by atoms with E-state index in [0.29, 0.717) is 12.2 Å². The Balaban J connectivity index is 1.76. The molecule has 0 saturated carbocycles. The molecule has 0 aromatic heterocycles. The maximum Gasteiger partial charge on any atom is 0.270 e. The smallest absolute Gasteiger partial charge is 0.270 e. The molecule has 1 fully saturated rings. The number of rotatable bonds is 6. The van der Waals surface area contributed by atoms with E-state index in [1.54, 1.807) is 4.31 Å². The van der Waals surface area contributed by atoms with Crippen LogP contribution in [0.5, 0.6) is 0 Å². The molecule has 1 atom stereocenters. The predicted octanol–water partition coefficient (Wildman–Crippen LogP) is 4.45. The van der Waals surface area contributed by atoms with E-state index in [2.05, 4.69) is 5.32 Å². The number of halogens is 1. The van der Waals surface area contributed by atoms with Crippen LogP contribution in [0.3, 0.4) is 0 Å². The van der Waals surface area contributed by atoms with Crippen LogP contribution in [0.2, 0.25) is 5.02 Å². The second kappa shape index (κ2) is 9.11. The van der Waals surface area contributed by atoms with Crippen LogP contribution in [0.25, 0.3) is 0 Å². The van der Waals surface area contributed by atoms with Crippen molar-refractivity contribution in [3.05, 3.63) is 63.2 Å². The number of nitrogens with one attached hydrogen (secondary N) is 1. The molecule has 1 heterocycles. The molecule has 10 heteroatoms. The molecular formula is C20H22ClN3O5S. The molecule has 8 nitrogen and oxygen atoms in total. The van der Waals surface area contributed by atoms with Crippen LogP contribution in [-0.2, 0) is 10.0 Å². The fourth-order valence-electron chi connectivity index (χ4n) is 3.54. The Kier molecular flexibility index (Phi) is 6.74. The van der Waals surface area contributed by atoms with Gasteiger partial charge in [-0.25, -0.2) is 8.42 Å². The Bertz CT molecular complexity index is 1060. The van der Waals surface area contributed by atoms with E-state index in [9.17, 15) is 23.3 Å². The van der Waals surface area contributed by atoms with E-state index in [0.717, 1.165) is 31.7 Å². The van der Waals surface area contributed by atoms with Crippen LogP contribution in [0.15, 0.2) is 47.4 Å². The highest BCUT2D eigenvalue weighted by Crippen LogP contribution is 2.28. The van der Waals surface area contributed by atoms with E-state index in [4.69, 9.17) is 11.6 Å². The van der Waals surface area contributed by atoms with Crippen molar-refractivity contribution in [1.29, 1.82) is 0 Å². The zero-order valence-electron chi connectivity index (χ0n) is 16.4. The first-order valence-electron chi connectivity index (χ1n) is 9.61. The largest absolute Gasteiger partial charge is 0.322 e. The fraction of sp³-hybridized carbons (Fsp3) is 0.350. The number of nitrogens with zero attached hydrogens (tertiary/aromatic N) is 2. The van der Waals surface area contributed by atoms with E-state index in [-0.39, 0.29) is 27.2 Å². The number of hydrogen-bond donors (Lipinski definition) is 1. The highest BCUT2D eigenvalue weighted by atomic mass is 35.5. The predicted molar refractivity (Wildman–Crippen MR) is 114 cm³/mol. The van der Waals surface area contributed by atoms with Gasteiger partial charge in [-0.15, -0.1) is 0 Å². The fourth-order valence-corrected chi connectivity index (χ4v) is 5.57. The van der Waals surface area contributed by atoms with Gasteiger partial charge < -0.3 is 5.32 Å². The summed E-state index contributed by atoms with van der Waals surface area (Å²) in [5.74, 6) is -0.549. The summed E-state index contributed by atoms with van der Waals surface area (Å²) in [5.41, 5.74) is 0.256. The molecule has 2 aromatic rings. The lowest BCUT2D eigenvalue weighted by Gasteiger charge is -2.34. The third-order valence-electron chi connectivity index (χ3n) is 5.17. The molecule has 0 spiro atoms. The van der Waals surface area contributed by atoms with Crippen LogP contribution in [0, 0.1) is 10.1 Å². The number of piperidine rings is 1. The van der Waals surface area contributed by atoms with Gasteiger partial charge in [-0.3, -0.25) is 14.9 Å². The average Bonchev–Trinajstić information content (AvgIpc) is 2.73. The van der Waals surface area contributed by atoms with Gasteiger partial charge >= 0.3 is 0 Å². The lowest BCUT2D eigenvalue weighted by atomic mass is 10.0. The Morgan fingerprint density at radius 3 is 2.53 bits per heavy atom. The molecule has 1 N–H and O–H groups in total. The number of nitro groups is 1. The summed E-state index contributed by atoms with van der Waals surface area (Å²) in [5, 5.41) is 13.4. The van der Waals surface area contributed by atoms with Crippen molar-refractivity contribution in [2.24, 2.45) is 0 Å². The van der Waals surface area contributed by atoms with Gasteiger partial charge in [0.1, 0.15) is 0 Å². The summed E-state index contributed by atoms with van der Waals surface area (Å²) in [6, 6.07) is 9.52. The van der Waals surface area contributed by atoms with Crippen molar-refractivity contribution in [1.82, 2.24) is 4.31 Å². The molecule has 0 radical (unpaired) electrons. The number of non-ortho nitro benzene ring substituents is 1. The minimum Gasteiger partial charge on any atom is -0.322 e. The van der Waals surface area contributed by atoms with Gasteiger partial charge in [0.15, 0.2) is 0 Å². The van der Waals surface area contributed by atoms with E-state index in [1.165, 1.54) is 36.4 Å². The summed E-state index contributed by atoms with van der Waals surface area (Å²) in [6.07, 6.45) is 3.50. The van der Waals surface area contributed by atoms with Crippen LogP contribution in [0.4, 0.5) is 11.4 Å². The van der Waals surface area contributed by atoms with Crippen molar-refractivity contribution in [3.63, 3.8) is 0 Å². The second-order valence-electron chi connectivity index (χ2n) is 7.07. The number of sulfonamides is 1. The molecule has 30 heavy (non-hydrogen) atoms. The lowest BCUT2D eigenvalue weighted by Crippen LogP contribution is -2.43. The molecule has 1 amide bonds. The van der Waals surface area contributed by atoms with Crippen LogP contribution < -0.4 is 5.32 Å². The number of anilines is 1. The molecule has 1 saturated heterocycles. The summed E-state index contributed by atoms with van der Waals surface area (Å²) in [6.45, 7) is 2.50. The van der Waals surface area contributed by atoms with Crippen LogP contribution in [0.1, 0.15) is 43.0 Å². The van der Waals surface area contributed by atoms with E-state index < -0.39 is 20.9 Å². The van der Waals surface area contributed by atoms with E-state index >= 15 is 0 Å². The summed E-state index contributed by atoms with van der Waals surface area (Å²) in [7, 11) is -3.60. The number of amides is 1. The van der Waals surface area contributed by atoms with Gasteiger partial charge in [-0.05, 0) is 49.6 Å². The number of benzene rings is 2. The van der Waals surface area contributed by atoms with Gasteiger partial charge in [0.05, 0.1) is 20.4 Å². The van der Waals surface area contributed by atoms with Gasteiger partial charge in [0.25, 0.3) is 11.6 Å². The minimum absolute atomic E-state index is 0.00686. The Morgan fingerprint density at radius 1 is 1.23 bits per heavy atom. The highest BCUT2D eigenvalue weighted by Gasteiger charge is 2.32. The van der Waals surface area contributed by atoms with Gasteiger partial charge in [0.2, 0.25) is 10.0 Å². The summed E-state index contributed by atoms with van der Waals surface area (Å²) in [4.78, 5) is 22.8. The summed E-state index contributed by atoms with van der Waals surface area (Å²) >= 11 is 5.98. The third kappa shape index (κ3) is 4.63. The molecule has 0 aliphatic carbocycles. The van der Waals surface area contributed by atoms with Gasteiger partial charge in [-0.1, -0.05) is 24.9 Å². The minimum atomic E-state index is -3.60. The van der Waals surface area contributed by atoms with Crippen molar-refractivity contribution >= 4 is 38.9 Å². The summed E-state index contributed by atoms with van der Waals surface area (Å²) < 4.78 is 27.6. The maximum atomic E-state index is 13.0. The standard InChI is InChI=1S/C20H22ClN3O5S/c1-2-15-5-3-4-12-23(15)30(28,29)17-9-6-14(7-10-17)22-20(25)18-11-8-16(24(26)27)13-19(18)21/h6-11,13,15H,2-5,12H2,1H3,(H,22,25). The molecule has 160 valence electrons. The molecule has 1 unspecified atom stereocenters. The first-order chi connectivity index (χ1) is 14.2. The molecule has 1 aliphatic heterocycles. The zero-order valence-corrected chi connectivity index (χ0v) is 17.9. The first kappa shape index (κ1) is 22.2. The Morgan fingerprint density at radius 2 is 1.93 bits per heavy atom. The highest BCUT2D eigenvalue weighted by molar-refractivity contribution is 7.89. The SMILES string of the molecule is CCC1CCCCN1S(=O)(=O)c1ccc(NC(=O)c2ccc([N+](=O)[O-])cc2Cl)cc1. The van der Waals surface area contributed by atoms with Crippen molar-refractivity contribution in [2.75, 3.05) is 11.9 Å². The van der Waals surface area contributed by atoms with Crippen molar-refractivity contribution in [3.8, 4) is 0 Å². The molecule has 3 rings (SSSR count). The quantitative estimate of drug-likeness (QED) is 0.515. The zero-order chi connectivity index (χ0) is 21.9. The topological polar surface area (TPSA) is 110 Å². The lowest BCUT2D eigenvalue weighted by molar-refractivity contribution is -0.384. The third-order valence-corrected chi connectivity index (χ3v) is 7.45. The van der Waals surface area contributed by atoms with Crippen LogP contribution >= 0.6 is 11.6 Å². The van der Waals surface area contributed by atoms with Gasteiger partial charge in [0, 0.05) is 30.4 Å².